The van der Waals surface area contributed by atoms with E-state index in [1.54, 1.807) is 4.90 Å². The second kappa shape index (κ2) is 8.42. The van der Waals surface area contributed by atoms with Crippen LogP contribution >= 0.6 is 0 Å². The highest BCUT2D eigenvalue weighted by atomic mass is 32.2. The van der Waals surface area contributed by atoms with Gasteiger partial charge in [0.15, 0.2) is 9.84 Å². The van der Waals surface area contributed by atoms with E-state index < -0.39 is 27.7 Å². The molecule has 160 valence electrons. The number of hydrogen-bond acceptors (Lipinski definition) is 3. The molecule has 0 aromatic heterocycles. The molecule has 3 rings (SSSR count). The van der Waals surface area contributed by atoms with E-state index in [9.17, 15) is 22.0 Å². The molecule has 0 spiro atoms. The largest absolute Gasteiger partial charge is 0.331 e. The molecule has 8 heteroatoms. The highest BCUT2D eigenvalue weighted by Gasteiger charge is 2.43. The molecule has 0 bridgehead atoms. The number of amides is 2. The minimum Gasteiger partial charge on any atom is -0.331 e. The Labute approximate surface area is 171 Å². The first kappa shape index (κ1) is 21.7. The van der Waals surface area contributed by atoms with Crippen LogP contribution in [0.3, 0.4) is 0 Å². The lowest BCUT2D eigenvalue weighted by molar-refractivity contribution is -0.0686. The zero-order valence-corrected chi connectivity index (χ0v) is 17.5. The summed E-state index contributed by atoms with van der Waals surface area (Å²) < 4.78 is 50.9. The topological polar surface area (TPSA) is 66.5 Å². The number of nitrogens with zero attached hydrogens (tertiary/aromatic N) is 1. The fraction of sp³-hybridized carbons (Fsp3) is 0.571. The van der Waals surface area contributed by atoms with Crippen molar-refractivity contribution in [2.24, 2.45) is 11.8 Å². The average Bonchev–Trinajstić information content (AvgIpc) is 3.49. The molecule has 2 amide bonds. The van der Waals surface area contributed by atoms with Crippen LogP contribution in [-0.4, -0.2) is 44.1 Å². The number of sulfone groups is 1. The van der Waals surface area contributed by atoms with Crippen molar-refractivity contribution >= 4 is 15.9 Å². The number of halogens is 2. The molecule has 1 saturated heterocycles. The van der Waals surface area contributed by atoms with Crippen molar-refractivity contribution < 1.29 is 22.0 Å². The third-order valence-electron chi connectivity index (χ3n) is 5.72. The molecule has 2 fully saturated rings. The summed E-state index contributed by atoms with van der Waals surface area (Å²) in [5, 5.41) is 4.04. The van der Waals surface area contributed by atoms with Crippen molar-refractivity contribution in [1.29, 1.82) is 0 Å². The smallest absolute Gasteiger partial charge is 0.318 e. The van der Waals surface area contributed by atoms with Crippen LogP contribution in [0.25, 0.3) is 0 Å². The summed E-state index contributed by atoms with van der Waals surface area (Å²) >= 11 is 0. The Morgan fingerprint density at radius 3 is 2.45 bits per heavy atom. The van der Waals surface area contributed by atoms with Crippen molar-refractivity contribution in [2.75, 3.05) is 12.8 Å². The molecular weight excluding hydrogens is 398 g/mol. The molecule has 5 nitrogen and oxygen atoms in total. The van der Waals surface area contributed by atoms with Crippen molar-refractivity contribution in [3.8, 4) is 0 Å². The van der Waals surface area contributed by atoms with Gasteiger partial charge in [0.05, 0.1) is 12.1 Å². The number of benzene rings is 1. The van der Waals surface area contributed by atoms with E-state index in [0.29, 0.717) is 0 Å². The summed E-state index contributed by atoms with van der Waals surface area (Å²) in [5.74, 6) is -3.38. The molecule has 1 aromatic rings. The summed E-state index contributed by atoms with van der Waals surface area (Å²) in [6.07, 6.45) is 4.89. The number of carbonyl (C=O) groups is 1. The number of piperidine rings is 1. The highest BCUT2D eigenvalue weighted by molar-refractivity contribution is 7.93. The van der Waals surface area contributed by atoms with E-state index in [4.69, 9.17) is 0 Å². The molecule has 29 heavy (non-hydrogen) atoms. The Hall–Kier alpha value is -1.96. The van der Waals surface area contributed by atoms with Gasteiger partial charge in [0.25, 0.3) is 0 Å². The van der Waals surface area contributed by atoms with E-state index in [1.165, 1.54) is 6.08 Å². The van der Waals surface area contributed by atoms with E-state index in [-0.39, 0.29) is 37.4 Å². The van der Waals surface area contributed by atoms with Gasteiger partial charge in [-0.2, -0.15) is 0 Å². The predicted molar refractivity (Wildman–Crippen MR) is 108 cm³/mol. The van der Waals surface area contributed by atoms with Crippen molar-refractivity contribution in [3.05, 3.63) is 47.4 Å². The van der Waals surface area contributed by atoms with Gasteiger partial charge in [0, 0.05) is 24.1 Å². The van der Waals surface area contributed by atoms with Gasteiger partial charge in [-0.3, -0.25) is 0 Å². The van der Waals surface area contributed by atoms with Crippen LogP contribution < -0.4 is 5.32 Å². The van der Waals surface area contributed by atoms with E-state index in [2.05, 4.69) is 5.32 Å². The first-order chi connectivity index (χ1) is 13.5. The predicted octanol–water partition coefficient (Wildman–Crippen LogP) is 4.14. The molecule has 1 heterocycles. The summed E-state index contributed by atoms with van der Waals surface area (Å²) in [5.41, 5.74) is 0.825. The van der Waals surface area contributed by atoms with Gasteiger partial charge >= 0.3 is 6.03 Å². The minimum absolute atomic E-state index is 0.189. The van der Waals surface area contributed by atoms with E-state index >= 15 is 0 Å². The van der Waals surface area contributed by atoms with Crippen molar-refractivity contribution in [1.82, 2.24) is 10.2 Å². The Kier molecular flexibility index (Phi) is 6.31. The van der Waals surface area contributed by atoms with Gasteiger partial charge in [0.2, 0.25) is 5.92 Å². The fourth-order valence-corrected chi connectivity index (χ4v) is 4.35. The molecule has 0 radical (unpaired) electrons. The maximum Gasteiger partial charge on any atom is 0.318 e. The normalized spacial score (nSPS) is 24.5. The highest BCUT2D eigenvalue weighted by Crippen LogP contribution is 2.41. The Morgan fingerprint density at radius 2 is 1.90 bits per heavy atom. The summed E-state index contributed by atoms with van der Waals surface area (Å²) in [7, 11) is -3.29. The Morgan fingerprint density at radius 1 is 1.24 bits per heavy atom. The lowest BCUT2D eigenvalue weighted by Gasteiger charge is -2.41. The standard InChI is InChI=1S/C21H28F2N2O3S/c1-21(22,23)17-10-12-25(19(14-17)16-6-4-3-5-7-16)20(26)24-18(15-8-9-15)11-13-29(2,27)28/h3-7,11,13,15,17-19H,8-10,12,14H2,1-2H3,(H,24,26)/b13-11+/t17-,18?,19+/m0/s1. The average molecular weight is 427 g/mol. The first-order valence-corrected chi connectivity index (χ1v) is 11.9. The molecule has 1 aliphatic heterocycles. The maximum atomic E-state index is 14.0. The molecule has 1 saturated carbocycles. The first-order valence-electron chi connectivity index (χ1n) is 9.93. The second-order valence-electron chi connectivity index (χ2n) is 8.27. The lowest BCUT2D eigenvalue weighted by atomic mass is 9.84. The molecule has 1 aromatic carbocycles. The van der Waals surface area contributed by atoms with E-state index in [1.807, 2.05) is 30.3 Å². The van der Waals surface area contributed by atoms with Gasteiger partial charge in [0.1, 0.15) is 0 Å². The van der Waals surface area contributed by atoms with Crippen LogP contribution in [0.2, 0.25) is 0 Å². The summed E-state index contributed by atoms with van der Waals surface area (Å²) in [6, 6.07) is 8.06. The molecule has 1 aliphatic carbocycles. The van der Waals surface area contributed by atoms with Crippen molar-refractivity contribution in [3.63, 3.8) is 0 Å². The van der Waals surface area contributed by atoms with Crippen LogP contribution in [0, 0.1) is 11.8 Å². The van der Waals surface area contributed by atoms with E-state index in [0.717, 1.165) is 37.0 Å². The zero-order valence-electron chi connectivity index (χ0n) is 16.7. The van der Waals surface area contributed by atoms with Crippen LogP contribution in [0.1, 0.15) is 44.2 Å². The number of carbonyl (C=O) groups excluding carboxylic acids is 1. The number of alkyl halides is 2. The van der Waals surface area contributed by atoms with Crippen LogP contribution in [0.15, 0.2) is 41.8 Å². The Bertz CT molecular complexity index is 848. The molecule has 3 atom stereocenters. The fourth-order valence-electron chi connectivity index (χ4n) is 3.89. The van der Waals surface area contributed by atoms with Gasteiger partial charge in [-0.05, 0) is 44.1 Å². The number of hydrogen-bond donors (Lipinski definition) is 1. The molecule has 1 unspecified atom stereocenters. The van der Waals surface area contributed by atoms with Gasteiger partial charge < -0.3 is 10.2 Å². The summed E-state index contributed by atoms with van der Waals surface area (Å²) in [6.45, 7) is 1.17. The van der Waals surface area contributed by atoms with Gasteiger partial charge in [-0.15, -0.1) is 0 Å². The van der Waals surface area contributed by atoms with Crippen molar-refractivity contribution in [2.45, 2.75) is 50.6 Å². The quantitative estimate of drug-likeness (QED) is 0.743. The maximum absolute atomic E-state index is 14.0. The third-order valence-corrected chi connectivity index (χ3v) is 6.37. The molecule has 2 aliphatic rings. The number of urea groups is 1. The second-order valence-corrected chi connectivity index (χ2v) is 10.2. The van der Waals surface area contributed by atoms with Gasteiger partial charge in [-0.25, -0.2) is 22.0 Å². The lowest BCUT2D eigenvalue weighted by Crippen LogP contribution is -2.50. The van der Waals surface area contributed by atoms with Gasteiger partial charge in [-0.1, -0.05) is 36.4 Å². The zero-order chi connectivity index (χ0) is 21.2. The molecule has 1 N–H and O–H groups in total. The van der Waals surface area contributed by atoms with Crippen LogP contribution in [0.4, 0.5) is 13.6 Å². The SMILES string of the molecule is CC(F)(F)[C@H]1CCN(C(=O)NC(/C=C/S(C)(=O)=O)C2CC2)[C@@H](c2ccccc2)C1. The van der Waals surface area contributed by atoms with Crippen LogP contribution in [0.5, 0.6) is 0 Å². The third kappa shape index (κ3) is 6.01. The monoisotopic (exact) mass is 426 g/mol. The van der Waals surface area contributed by atoms with Crippen LogP contribution in [-0.2, 0) is 9.84 Å². The summed E-state index contributed by atoms with van der Waals surface area (Å²) in [4.78, 5) is 14.7. The molecular formula is C21H28F2N2O3S. The minimum atomic E-state index is -3.29. The Balaban J connectivity index is 1.79. The number of rotatable bonds is 6. The number of likely N-dealkylation sites (tertiary alicyclic amines) is 1. The number of nitrogens with one attached hydrogen (secondary N) is 1.